The molecule has 1 aliphatic heterocycles. The first-order valence-electron chi connectivity index (χ1n) is 6.73. The molecule has 1 unspecified atom stereocenters. The van der Waals surface area contributed by atoms with Gasteiger partial charge in [-0.15, -0.1) is 0 Å². The fraction of sp³-hybridized carbons (Fsp3) is 0.500. The summed E-state index contributed by atoms with van der Waals surface area (Å²) in [5.41, 5.74) is 1.28. The summed E-state index contributed by atoms with van der Waals surface area (Å²) >= 11 is 0. The first-order chi connectivity index (χ1) is 9.74. The van der Waals surface area contributed by atoms with Crippen LogP contribution in [0.2, 0.25) is 0 Å². The van der Waals surface area contributed by atoms with Gasteiger partial charge in [0.2, 0.25) is 5.91 Å². The van der Waals surface area contributed by atoms with Crippen LogP contribution in [0, 0.1) is 0 Å². The average molecular weight is 280 g/mol. The number of anilines is 1. The molecule has 1 aromatic carbocycles. The Morgan fingerprint density at radius 2 is 2.45 bits per heavy atom. The van der Waals surface area contributed by atoms with Gasteiger partial charge in [-0.05, 0) is 25.1 Å². The number of aliphatic hydroxyl groups excluding tert-OH is 1. The van der Waals surface area contributed by atoms with Crippen molar-refractivity contribution in [2.45, 2.75) is 19.6 Å². The van der Waals surface area contributed by atoms with E-state index in [4.69, 9.17) is 9.47 Å². The van der Waals surface area contributed by atoms with Crippen LogP contribution >= 0.6 is 0 Å². The highest BCUT2D eigenvalue weighted by Gasteiger charge is 2.21. The summed E-state index contributed by atoms with van der Waals surface area (Å²) in [6.07, 6.45) is 0. The first-order valence-corrected chi connectivity index (χ1v) is 6.73. The highest BCUT2D eigenvalue weighted by molar-refractivity contribution is 5.95. The van der Waals surface area contributed by atoms with Crippen molar-refractivity contribution < 1.29 is 19.4 Å². The van der Waals surface area contributed by atoms with E-state index in [-0.39, 0.29) is 18.6 Å². The standard InChI is InChI=1S/C14H20N2O4/c1-2-20-13-4-3-11(7-10(13)8-17)16-14(18)12-9-19-6-5-15-12/h3-4,7,12,15,17H,2,5-6,8-9H2,1H3,(H,16,18). The van der Waals surface area contributed by atoms with E-state index in [1.807, 2.05) is 6.92 Å². The third-order valence-electron chi connectivity index (χ3n) is 3.04. The van der Waals surface area contributed by atoms with Crippen LogP contribution in [0.3, 0.4) is 0 Å². The summed E-state index contributed by atoms with van der Waals surface area (Å²) in [7, 11) is 0. The van der Waals surface area contributed by atoms with Crippen LogP contribution in [0.15, 0.2) is 18.2 Å². The number of nitrogens with one attached hydrogen (secondary N) is 2. The second-order valence-corrected chi connectivity index (χ2v) is 4.48. The van der Waals surface area contributed by atoms with Crippen LogP contribution in [0.4, 0.5) is 5.69 Å². The summed E-state index contributed by atoms with van der Waals surface area (Å²) in [4.78, 5) is 12.0. The predicted molar refractivity (Wildman–Crippen MR) is 74.8 cm³/mol. The number of hydrogen-bond acceptors (Lipinski definition) is 5. The Bertz CT molecular complexity index is 458. The Morgan fingerprint density at radius 3 is 3.10 bits per heavy atom. The van der Waals surface area contributed by atoms with Crippen LogP contribution in [0.1, 0.15) is 12.5 Å². The van der Waals surface area contributed by atoms with E-state index in [0.29, 0.717) is 43.4 Å². The molecule has 2 rings (SSSR count). The maximum absolute atomic E-state index is 12.0. The largest absolute Gasteiger partial charge is 0.494 e. The first kappa shape index (κ1) is 14.8. The van der Waals surface area contributed by atoms with Gasteiger partial charge in [-0.2, -0.15) is 0 Å². The fourth-order valence-corrected chi connectivity index (χ4v) is 2.04. The molecule has 1 atom stereocenters. The van der Waals surface area contributed by atoms with Gasteiger partial charge in [0.15, 0.2) is 0 Å². The summed E-state index contributed by atoms with van der Waals surface area (Å²) in [5, 5.41) is 15.2. The molecule has 1 aromatic rings. The Labute approximate surface area is 118 Å². The Morgan fingerprint density at radius 1 is 1.60 bits per heavy atom. The van der Waals surface area contributed by atoms with E-state index in [0.717, 1.165) is 0 Å². The molecule has 1 amide bonds. The molecular formula is C14H20N2O4. The van der Waals surface area contributed by atoms with Gasteiger partial charge in [0.1, 0.15) is 11.8 Å². The number of carbonyl (C=O) groups is 1. The number of ether oxygens (including phenoxy) is 2. The number of amides is 1. The van der Waals surface area contributed by atoms with Crippen molar-refractivity contribution in [3.63, 3.8) is 0 Å². The van der Waals surface area contributed by atoms with Crippen LogP contribution < -0.4 is 15.4 Å². The van der Waals surface area contributed by atoms with Crippen molar-refractivity contribution in [3.8, 4) is 5.75 Å². The van der Waals surface area contributed by atoms with E-state index in [1.54, 1.807) is 18.2 Å². The minimum absolute atomic E-state index is 0.135. The summed E-state index contributed by atoms with van der Waals surface area (Å²) in [5.74, 6) is 0.491. The minimum atomic E-state index is -0.340. The third-order valence-corrected chi connectivity index (χ3v) is 3.04. The lowest BCUT2D eigenvalue weighted by molar-refractivity contribution is -0.120. The van der Waals surface area contributed by atoms with Gasteiger partial charge in [0.05, 0.1) is 26.4 Å². The van der Waals surface area contributed by atoms with Gasteiger partial charge in [-0.3, -0.25) is 4.79 Å². The van der Waals surface area contributed by atoms with Gasteiger partial charge in [0, 0.05) is 17.8 Å². The zero-order chi connectivity index (χ0) is 14.4. The molecule has 1 fully saturated rings. The molecule has 0 aliphatic carbocycles. The molecular weight excluding hydrogens is 260 g/mol. The fourth-order valence-electron chi connectivity index (χ4n) is 2.04. The smallest absolute Gasteiger partial charge is 0.243 e. The molecule has 1 aliphatic rings. The summed E-state index contributed by atoms with van der Waals surface area (Å²) in [6, 6.07) is 4.88. The Kier molecular flexibility index (Phi) is 5.34. The monoisotopic (exact) mass is 280 g/mol. The number of benzene rings is 1. The maximum atomic E-state index is 12.0. The molecule has 0 radical (unpaired) electrons. The van der Waals surface area contributed by atoms with E-state index in [2.05, 4.69) is 10.6 Å². The molecule has 0 aromatic heterocycles. The maximum Gasteiger partial charge on any atom is 0.243 e. The van der Waals surface area contributed by atoms with Crippen LogP contribution in [-0.2, 0) is 16.1 Å². The quantitative estimate of drug-likeness (QED) is 0.732. The van der Waals surface area contributed by atoms with Gasteiger partial charge in [-0.25, -0.2) is 0 Å². The lowest BCUT2D eigenvalue weighted by atomic mass is 10.1. The second-order valence-electron chi connectivity index (χ2n) is 4.48. The third kappa shape index (κ3) is 3.69. The highest BCUT2D eigenvalue weighted by atomic mass is 16.5. The van der Waals surface area contributed by atoms with E-state index >= 15 is 0 Å². The normalized spacial score (nSPS) is 18.6. The van der Waals surface area contributed by atoms with Crippen molar-refractivity contribution >= 4 is 11.6 Å². The lowest BCUT2D eigenvalue weighted by Gasteiger charge is -2.23. The topological polar surface area (TPSA) is 79.8 Å². The van der Waals surface area contributed by atoms with Crippen LogP contribution in [0.5, 0.6) is 5.75 Å². The molecule has 3 N–H and O–H groups in total. The molecule has 110 valence electrons. The Balaban J connectivity index is 2.03. The van der Waals surface area contributed by atoms with E-state index in [1.165, 1.54) is 0 Å². The number of morpholine rings is 1. The molecule has 6 nitrogen and oxygen atoms in total. The van der Waals surface area contributed by atoms with E-state index < -0.39 is 0 Å². The van der Waals surface area contributed by atoms with E-state index in [9.17, 15) is 9.90 Å². The van der Waals surface area contributed by atoms with Crippen molar-refractivity contribution in [1.82, 2.24) is 5.32 Å². The molecule has 0 saturated carbocycles. The number of rotatable bonds is 5. The number of carbonyl (C=O) groups excluding carboxylic acids is 1. The highest BCUT2D eigenvalue weighted by Crippen LogP contribution is 2.23. The van der Waals surface area contributed by atoms with Crippen molar-refractivity contribution in [2.75, 3.05) is 31.7 Å². The lowest BCUT2D eigenvalue weighted by Crippen LogP contribution is -2.48. The van der Waals surface area contributed by atoms with Crippen molar-refractivity contribution in [3.05, 3.63) is 23.8 Å². The average Bonchev–Trinajstić information content (AvgIpc) is 2.50. The van der Waals surface area contributed by atoms with Gasteiger partial charge in [0.25, 0.3) is 0 Å². The molecule has 6 heteroatoms. The minimum Gasteiger partial charge on any atom is -0.494 e. The zero-order valence-corrected chi connectivity index (χ0v) is 11.5. The van der Waals surface area contributed by atoms with Gasteiger partial charge < -0.3 is 25.2 Å². The molecule has 1 saturated heterocycles. The van der Waals surface area contributed by atoms with Crippen LogP contribution in [0.25, 0.3) is 0 Å². The predicted octanol–water partition coefficient (Wildman–Crippen LogP) is 0.504. The van der Waals surface area contributed by atoms with Crippen LogP contribution in [-0.4, -0.2) is 43.4 Å². The number of hydrogen-bond donors (Lipinski definition) is 3. The number of aliphatic hydroxyl groups is 1. The summed E-state index contributed by atoms with van der Waals surface area (Å²) in [6.45, 7) is 3.94. The molecule has 20 heavy (non-hydrogen) atoms. The van der Waals surface area contributed by atoms with Gasteiger partial charge >= 0.3 is 0 Å². The van der Waals surface area contributed by atoms with Gasteiger partial charge in [-0.1, -0.05) is 0 Å². The molecule has 0 bridgehead atoms. The zero-order valence-electron chi connectivity index (χ0n) is 11.5. The van der Waals surface area contributed by atoms with Crippen molar-refractivity contribution in [1.29, 1.82) is 0 Å². The second kappa shape index (κ2) is 7.23. The van der Waals surface area contributed by atoms with Crippen molar-refractivity contribution in [2.24, 2.45) is 0 Å². The summed E-state index contributed by atoms with van der Waals surface area (Å²) < 4.78 is 10.7. The SMILES string of the molecule is CCOc1ccc(NC(=O)C2COCCN2)cc1CO. The molecule has 1 heterocycles. The molecule has 0 spiro atoms. The Hall–Kier alpha value is -1.63.